The van der Waals surface area contributed by atoms with Crippen molar-refractivity contribution in [3.05, 3.63) is 20.8 Å². The first-order valence-electron chi connectivity index (χ1n) is 3.73. The van der Waals surface area contributed by atoms with Gasteiger partial charge in [-0.1, -0.05) is 23.7 Å². The van der Waals surface area contributed by atoms with Gasteiger partial charge in [0.25, 0.3) is 0 Å². The van der Waals surface area contributed by atoms with Gasteiger partial charge in [0.1, 0.15) is 5.71 Å². The lowest BCUT2D eigenvalue weighted by atomic mass is 10.1. The van der Waals surface area contributed by atoms with Gasteiger partial charge in [-0.3, -0.25) is 0 Å². The normalized spacial score (nSPS) is 24.8. The summed E-state index contributed by atoms with van der Waals surface area (Å²) in [6.45, 7) is 2.05. The summed E-state index contributed by atoms with van der Waals surface area (Å²) in [5, 5.41) is 12.0. The number of hydrogen-bond acceptors (Lipinski definition) is 3. The van der Waals surface area contributed by atoms with Crippen LogP contribution in [0.15, 0.2) is 11.2 Å². The Morgan fingerprint density at radius 3 is 3.17 bits per heavy atom. The van der Waals surface area contributed by atoms with Gasteiger partial charge in [0.15, 0.2) is 0 Å². The fourth-order valence-corrected chi connectivity index (χ4v) is 2.94. The summed E-state index contributed by atoms with van der Waals surface area (Å²) < 4.78 is 0.771. The summed E-state index contributed by atoms with van der Waals surface area (Å²) >= 11 is 7.32. The molecule has 0 radical (unpaired) electrons. The average Bonchev–Trinajstić information content (AvgIpc) is 2.43. The van der Waals surface area contributed by atoms with E-state index in [1.54, 1.807) is 0 Å². The zero-order valence-electron chi connectivity index (χ0n) is 6.54. The zero-order chi connectivity index (χ0) is 8.72. The van der Waals surface area contributed by atoms with Crippen LogP contribution < -0.4 is 0 Å². The molecule has 1 aromatic rings. The fraction of sp³-hybridized carbons (Fsp3) is 0.375. The number of oxime groups is 1. The van der Waals surface area contributed by atoms with Crippen LogP contribution in [0.2, 0.25) is 4.34 Å². The van der Waals surface area contributed by atoms with E-state index in [0.29, 0.717) is 5.92 Å². The third-order valence-electron chi connectivity index (χ3n) is 2.11. The molecule has 0 aliphatic heterocycles. The number of thiophene rings is 1. The summed E-state index contributed by atoms with van der Waals surface area (Å²) in [7, 11) is 0. The lowest BCUT2D eigenvalue weighted by molar-refractivity contribution is 0.316. The largest absolute Gasteiger partial charge is 0.411 e. The Morgan fingerprint density at radius 1 is 1.75 bits per heavy atom. The van der Waals surface area contributed by atoms with E-state index in [1.165, 1.54) is 16.9 Å². The van der Waals surface area contributed by atoms with E-state index in [9.17, 15) is 0 Å². The van der Waals surface area contributed by atoms with E-state index in [-0.39, 0.29) is 0 Å². The number of halogens is 1. The summed E-state index contributed by atoms with van der Waals surface area (Å²) in [5.74, 6) is 0.327. The minimum atomic E-state index is 0.327. The van der Waals surface area contributed by atoms with Gasteiger partial charge >= 0.3 is 0 Å². The molecular weight excluding hydrogens is 194 g/mol. The maximum absolute atomic E-state index is 8.74. The minimum Gasteiger partial charge on any atom is -0.411 e. The van der Waals surface area contributed by atoms with E-state index in [0.717, 1.165) is 21.3 Å². The molecule has 1 aromatic heterocycles. The monoisotopic (exact) mass is 201 g/mol. The van der Waals surface area contributed by atoms with Crippen LogP contribution in [0.5, 0.6) is 0 Å². The maximum atomic E-state index is 8.74. The van der Waals surface area contributed by atoms with Crippen molar-refractivity contribution in [3.63, 3.8) is 0 Å². The van der Waals surface area contributed by atoms with Crippen LogP contribution in [-0.4, -0.2) is 10.9 Å². The van der Waals surface area contributed by atoms with E-state index in [4.69, 9.17) is 16.8 Å². The van der Waals surface area contributed by atoms with Crippen molar-refractivity contribution in [2.24, 2.45) is 11.1 Å². The molecule has 0 saturated heterocycles. The van der Waals surface area contributed by atoms with Crippen LogP contribution >= 0.6 is 22.9 Å². The first kappa shape index (κ1) is 8.08. The highest BCUT2D eigenvalue weighted by atomic mass is 35.5. The predicted octanol–water partition coefficient (Wildman–Crippen LogP) is 2.77. The highest BCUT2D eigenvalue weighted by Crippen LogP contribution is 2.36. The van der Waals surface area contributed by atoms with Gasteiger partial charge in [0.2, 0.25) is 0 Å². The highest BCUT2D eigenvalue weighted by Gasteiger charge is 2.27. The van der Waals surface area contributed by atoms with Crippen molar-refractivity contribution in [1.29, 1.82) is 0 Å². The van der Waals surface area contributed by atoms with Gasteiger partial charge in [-0.25, -0.2) is 0 Å². The van der Waals surface area contributed by atoms with Crippen LogP contribution in [0.1, 0.15) is 17.4 Å². The molecule has 1 atom stereocenters. The second-order valence-electron chi connectivity index (χ2n) is 3.00. The molecule has 0 saturated carbocycles. The standard InChI is InChI=1S/C8H8ClNOS/c1-4-2-5-3-6(9)12-8(5)7(4)10-11/h3-4,11H,2H2,1H3. The summed E-state index contributed by atoms with van der Waals surface area (Å²) in [6, 6.07) is 1.95. The number of fused-ring (bicyclic) bond motifs is 1. The Bertz CT molecular complexity index is 345. The van der Waals surface area contributed by atoms with Crippen LogP contribution in [0.3, 0.4) is 0 Å². The van der Waals surface area contributed by atoms with Crippen molar-refractivity contribution in [3.8, 4) is 0 Å². The Labute approximate surface area is 79.5 Å². The van der Waals surface area contributed by atoms with Crippen LogP contribution in [0.4, 0.5) is 0 Å². The Balaban J connectivity index is 2.52. The topological polar surface area (TPSA) is 32.6 Å². The number of nitrogens with zero attached hydrogens (tertiary/aromatic N) is 1. The number of hydrogen-bond donors (Lipinski definition) is 1. The molecule has 1 aliphatic carbocycles. The average molecular weight is 202 g/mol. The first-order valence-corrected chi connectivity index (χ1v) is 4.92. The molecule has 1 heterocycles. The molecular formula is C8H8ClNOS. The van der Waals surface area contributed by atoms with Gasteiger partial charge in [-0.15, -0.1) is 11.3 Å². The van der Waals surface area contributed by atoms with Gasteiger partial charge in [0.05, 0.1) is 9.21 Å². The van der Waals surface area contributed by atoms with Crippen molar-refractivity contribution >= 4 is 28.6 Å². The van der Waals surface area contributed by atoms with Crippen molar-refractivity contribution < 1.29 is 5.21 Å². The quantitative estimate of drug-likeness (QED) is 0.508. The van der Waals surface area contributed by atoms with Crippen molar-refractivity contribution in [2.45, 2.75) is 13.3 Å². The second kappa shape index (κ2) is 2.75. The molecule has 4 heteroatoms. The lowest BCUT2D eigenvalue weighted by Crippen LogP contribution is -2.04. The highest BCUT2D eigenvalue weighted by molar-refractivity contribution is 7.18. The summed E-state index contributed by atoms with van der Waals surface area (Å²) in [5.41, 5.74) is 1.99. The molecule has 0 spiro atoms. The maximum Gasteiger partial charge on any atom is 0.100 e. The third-order valence-corrected chi connectivity index (χ3v) is 3.44. The van der Waals surface area contributed by atoms with Crippen LogP contribution in [-0.2, 0) is 6.42 Å². The zero-order valence-corrected chi connectivity index (χ0v) is 8.11. The van der Waals surface area contributed by atoms with Crippen LogP contribution in [0, 0.1) is 5.92 Å². The fourth-order valence-electron chi connectivity index (χ4n) is 1.56. The molecule has 0 aromatic carbocycles. The van der Waals surface area contributed by atoms with E-state index < -0.39 is 0 Å². The molecule has 0 amide bonds. The van der Waals surface area contributed by atoms with Crippen molar-refractivity contribution in [1.82, 2.24) is 0 Å². The molecule has 0 fully saturated rings. The molecule has 1 unspecified atom stereocenters. The molecule has 2 nitrogen and oxygen atoms in total. The van der Waals surface area contributed by atoms with E-state index >= 15 is 0 Å². The molecule has 0 bridgehead atoms. The molecule has 2 rings (SSSR count). The minimum absolute atomic E-state index is 0.327. The first-order chi connectivity index (χ1) is 5.72. The van der Waals surface area contributed by atoms with Crippen LogP contribution in [0.25, 0.3) is 0 Å². The summed E-state index contributed by atoms with van der Waals surface area (Å²) in [4.78, 5) is 1.05. The SMILES string of the molecule is CC1Cc2cc(Cl)sc2C1=NO. The predicted molar refractivity (Wildman–Crippen MR) is 50.5 cm³/mol. The Morgan fingerprint density at radius 2 is 2.50 bits per heavy atom. The smallest absolute Gasteiger partial charge is 0.100 e. The van der Waals surface area contributed by atoms with E-state index in [2.05, 4.69) is 12.1 Å². The molecule has 1 aliphatic rings. The summed E-state index contributed by atoms with van der Waals surface area (Å²) in [6.07, 6.45) is 0.942. The van der Waals surface area contributed by atoms with Gasteiger partial charge in [-0.2, -0.15) is 0 Å². The van der Waals surface area contributed by atoms with Gasteiger partial charge < -0.3 is 5.21 Å². The second-order valence-corrected chi connectivity index (χ2v) is 4.68. The Kier molecular flexibility index (Phi) is 1.85. The lowest BCUT2D eigenvalue weighted by Gasteiger charge is -1.99. The molecule has 12 heavy (non-hydrogen) atoms. The van der Waals surface area contributed by atoms with E-state index in [1.807, 2.05) is 6.07 Å². The molecule has 1 N–H and O–H groups in total. The van der Waals surface area contributed by atoms with Gasteiger partial charge in [0, 0.05) is 5.92 Å². The number of rotatable bonds is 0. The van der Waals surface area contributed by atoms with Crippen molar-refractivity contribution in [2.75, 3.05) is 0 Å². The van der Waals surface area contributed by atoms with Gasteiger partial charge in [-0.05, 0) is 18.1 Å². The molecule has 64 valence electrons. The Hall–Kier alpha value is -0.540. The third kappa shape index (κ3) is 1.04.